The zero-order chi connectivity index (χ0) is 21.4. The van der Waals surface area contributed by atoms with E-state index < -0.39 is 0 Å². The Morgan fingerprint density at radius 2 is 1.97 bits per heavy atom. The van der Waals surface area contributed by atoms with E-state index in [0.29, 0.717) is 17.5 Å². The number of amides is 1. The van der Waals surface area contributed by atoms with Crippen molar-refractivity contribution in [3.05, 3.63) is 47.5 Å². The summed E-state index contributed by atoms with van der Waals surface area (Å²) in [5.74, 6) is 2.75. The van der Waals surface area contributed by atoms with Gasteiger partial charge in [-0.25, -0.2) is 9.66 Å². The van der Waals surface area contributed by atoms with Gasteiger partial charge in [-0.15, -0.1) is 0 Å². The topological polar surface area (TPSA) is 80.7 Å². The van der Waals surface area contributed by atoms with Crippen molar-refractivity contribution >= 4 is 5.91 Å². The molecule has 2 N–H and O–H groups in total. The highest BCUT2D eigenvalue weighted by Gasteiger charge is 2.38. The summed E-state index contributed by atoms with van der Waals surface area (Å²) < 4.78 is 12.7. The number of carbonyl (C=O) groups is 1. The second kappa shape index (κ2) is 8.51. The van der Waals surface area contributed by atoms with Crippen LogP contribution in [0.3, 0.4) is 0 Å². The van der Waals surface area contributed by atoms with Gasteiger partial charge in [-0.1, -0.05) is 12.1 Å². The van der Waals surface area contributed by atoms with Gasteiger partial charge in [-0.05, 0) is 49.8 Å². The number of hydrogen-bond donors (Lipinski definition) is 2. The number of likely N-dealkylation sites (tertiary alicyclic amines) is 1. The van der Waals surface area contributed by atoms with Gasteiger partial charge in [0.15, 0.2) is 0 Å². The number of nitrogens with one attached hydrogen (secondary N) is 2. The average Bonchev–Trinajstić information content (AvgIpc) is 3.21. The summed E-state index contributed by atoms with van der Waals surface area (Å²) in [5.41, 5.74) is 5.45. The minimum absolute atomic E-state index is 0.0586. The molecule has 0 bridgehead atoms. The van der Waals surface area contributed by atoms with E-state index in [9.17, 15) is 4.79 Å². The Bertz CT molecular complexity index is 916. The molecule has 1 aromatic carbocycles. The number of rotatable bonds is 6. The number of nitrogens with zero attached hydrogens (tertiary/aromatic N) is 3. The number of imidazole rings is 1. The molecule has 0 radical (unpaired) electrons. The molecule has 2 unspecified atom stereocenters. The van der Waals surface area contributed by atoms with Gasteiger partial charge in [0.2, 0.25) is 0 Å². The average molecular weight is 426 g/mol. The molecular weight excluding hydrogens is 394 g/mol. The molecular formula is C23H31N5O3. The summed E-state index contributed by atoms with van der Waals surface area (Å²) in [7, 11) is 1.69. The Balaban J connectivity index is 1.20. The number of benzene rings is 1. The van der Waals surface area contributed by atoms with Crippen molar-refractivity contribution in [1.82, 2.24) is 19.9 Å². The van der Waals surface area contributed by atoms with E-state index in [1.54, 1.807) is 13.3 Å². The number of aromatic nitrogens is 2. The predicted octanol–water partition coefficient (Wildman–Crippen LogP) is 1.96. The summed E-state index contributed by atoms with van der Waals surface area (Å²) in [6, 6.07) is 8.52. The van der Waals surface area contributed by atoms with Gasteiger partial charge in [0.05, 0.1) is 13.3 Å². The Morgan fingerprint density at radius 1 is 1.23 bits per heavy atom. The minimum Gasteiger partial charge on any atom is -0.497 e. The third kappa shape index (κ3) is 4.02. The van der Waals surface area contributed by atoms with E-state index in [1.165, 1.54) is 5.56 Å². The first-order chi connectivity index (χ1) is 15.1. The lowest BCUT2D eigenvalue weighted by atomic mass is 9.90. The van der Waals surface area contributed by atoms with Gasteiger partial charge >= 0.3 is 0 Å². The maximum atomic E-state index is 12.7. The summed E-state index contributed by atoms with van der Waals surface area (Å²) in [4.78, 5) is 19.7. The fourth-order valence-corrected chi connectivity index (χ4v) is 4.90. The first kappa shape index (κ1) is 20.3. The Kier molecular flexibility index (Phi) is 5.58. The van der Waals surface area contributed by atoms with E-state index in [2.05, 4.69) is 39.7 Å². The standard InChI is InChI=1S/C23H31N5O3/c1-15(27-13-17(14-27)11-16-3-5-19(30-2)6-4-16)21-25-23(29)20-12-24-22(28(20)26-21)18-7-9-31-10-8-18/h3-6,12,15,17-18,21,26H,7-11,13-14H2,1-2H3,(H,25,29). The molecule has 8 nitrogen and oxygen atoms in total. The highest BCUT2D eigenvalue weighted by Crippen LogP contribution is 2.29. The molecule has 2 saturated heterocycles. The molecule has 2 fully saturated rings. The van der Waals surface area contributed by atoms with Crippen molar-refractivity contribution in [2.45, 2.75) is 44.3 Å². The minimum atomic E-state index is -0.144. The first-order valence-electron chi connectivity index (χ1n) is 11.2. The highest BCUT2D eigenvalue weighted by molar-refractivity contribution is 5.93. The van der Waals surface area contributed by atoms with Gasteiger partial charge in [0.25, 0.3) is 5.91 Å². The molecule has 2 aromatic rings. The van der Waals surface area contributed by atoms with Crippen molar-refractivity contribution in [2.24, 2.45) is 5.92 Å². The smallest absolute Gasteiger partial charge is 0.273 e. The molecule has 166 valence electrons. The molecule has 3 aliphatic rings. The van der Waals surface area contributed by atoms with Gasteiger partial charge in [-0.3, -0.25) is 9.69 Å². The second-order valence-electron chi connectivity index (χ2n) is 8.92. The van der Waals surface area contributed by atoms with E-state index >= 15 is 0 Å². The van der Waals surface area contributed by atoms with Crippen LogP contribution in [0.15, 0.2) is 30.5 Å². The third-order valence-electron chi connectivity index (χ3n) is 6.89. The van der Waals surface area contributed by atoms with Crippen molar-refractivity contribution in [1.29, 1.82) is 0 Å². The molecule has 0 aliphatic carbocycles. The number of hydrogen-bond acceptors (Lipinski definition) is 6. The molecule has 31 heavy (non-hydrogen) atoms. The third-order valence-corrected chi connectivity index (χ3v) is 6.89. The van der Waals surface area contributed by atoms with E-state index in [1.807, 2.05) is 16.8 Å². The number of carbonyl (C=O) groups excluding carboxylic acids is 1. The van der Waals surface area contributed by atoms with Gasteiger partial charge in [0.1, 0.15) is 23.4 Å². The lowest BCUT2D eigenvalue weighted by molar-refractivity contribution is 0.0411. The van der Waals surface area contributed by atoms with Crippen LogP contribution in [0.25, 0.3) is 0 Å². The summed E-state index contributed by atoms with van der Waals surface area (Å²) >= 11 is 0. The van der Waals surface area contributed by atoms with Crippen LogP contribution < -0.4 is 15.5 Å². The largest absolute Gasteiger partial charge is 0.497 e. The number of methoxy groups -OCH3 is 1. The molecule has 5 rings (SSSR count). The molecule has 2 atom stereocenters. The van der Waals surface area contributed by atoms with Crippen LogP contribution in [0.4, 0.5) is 0 Å². The normalized spacial score (nSPS) is 23.4. The SMILES string of the molecule is COc1ccc(CC2CN(C(C)C3NC(=O)c4cnc(C5CCOCC5)n4N3)C2)cc1. The second-order valence-corrected chi connectivity index (χ2v) is 8.92. The lowest BCUT2D eigenvalue weighted by Crippen LogP contribution is -2.64. The van der Waals surface area contributed by atoms with Crippen molar-refractivity contribution in [3.8, 4) is 5.75 Å². The quantitative estimate of drug-likeness (QED) is 0.737. The zero-order valence-electron chi connectivity index (χ0n) is 18.2. The van der Waals surface area contributed by atoms with E-state index in [-0.39, 0.29) is 18.1 Å². The van der Waals surface area contributed by atoms with Crippen LogP contribution in [-0.2, 0) is 11.2 Å². The monoisotopic (exact) mass is 425 g/mol. The molecule has 1 amide bonds. The van der Waals surface area contributed by atoms with Crippen LogP contribution in [-0.4, -0.2) is 66.1 Å². The Morgan fingerprint density at radius 3 is 2.68 bits per heavy atom. The van der Waals surface area contributed by atoms with Gasteiger partial charge < -0.3 is 20.2 Å². The summed E-state index contributed by atoms with van der Waals surface area (Å²) in [6.45, 7) is 5.75. The molecule has 4 heterocycles. The predicted molar refractivity (Wildman–Crippen MR) is 117 cm³/mol. The summed E-state index contributed by atoms with van der Waals surface area (Å²) in [6.07, 6.45) is 4.49. The maximum absolute atomic E-state index is 12.7. The van der Waals surface area contributed by atoms with Crippen molar-refractivity contribution < 1.29 is 14.3 Å². The fourth-order valence-electron chi connectivity index (χ4n) is 4.90. The molecule has 3 aliphatic heterocycles. The molecule has 1 aromatic heterocycles. The number of fused-ring (bicyclic) bond motifs is 1. The van der Waals surface area contributed by atoms with Crippen molar-refractivity contribution in [2.75, 3.05) is 38.8 Å². The van der Waals surface area contributed by atoms with Crippen LogP contribution in [0.2, 0.25) is 0 Å². The fraction of sp³-hybridized carbons (Fsp3) is 0.565. The summed E-state index contributed by atoms with van der Waals surface area (Å²) in [5, 5.41) is 3.12. The van der Waals surface area contributed by atoms with Gasteiger partial charge in [0, 0.05) is 38.3 Å². The molecule has 0 spiro atoms. The van der Waals surface area contributed by atoms with E-state index in [0.717, 1.165) is 57.1 Å². The van der Waals surface area contributed by atoms with Crippen LogP contribution in [0, 0.1) is 5.92 Å². The Labute approximate surface area is 182 Å². The first-order valence-corrected chi connectivity index (χ1v) is 11.2. The van der Waals surface area contributed by atoms with Crippen molar-refractivity contribution in [3.63, 3.8) is 0 Å². The zero-order valence-corrected chi connectivity index (χ0v) is 18.2. The van der Waals surface area contributed by atoms with Crippen LogP contribution in [0.1, 0.15) is 47.6 Å². The molecule has 0 saturated carbocycles. The number of ether oxygens (including phenoxy) is 2. The van der Waals surface area contributed by atoms with Gasteiger partial charge in [-0.2, -0.15) is 0 Å². The maximum Gasteiger partial charge on any atom is 0.273 e. The van der Waals surface area contributed by atoms with E-state index in [4.69, 9.17) is 9.47 Å². The highest BCUT2D eigenvalue weighted by atomic mass is 16.5. The Hall–Kier alpha value is -2.58. The van der Waals surface area contributed by atoms with Crippen LogP contribution >= 0.6 is 0 Å². The van der Waals surface area contributed by atoms with Crippen LogP contribution in [0.5, 0.6) is 5.75 Å². The molecule has 8 heteroatoms. The lowest BCUT2D eigenvalue weighted by Gasteiger charge is -2.47.